The Morgan fingerprint density at radius 3 is 2.88 bits per heavy atom. The fraction of sp³-hybridized carbons (Fsp3) is 0.471. The summed E-state index contributed by atoms with van der Waals surface area (Å²) in [5, 5.41) is 8.68. The maximum atomic E-state index is 11.9. The van der Waals surface area contributed by atoms with E-state index in [1.807, 2.05) is 31.3 Å². The van der Waals surface area contributed by atoms with Gasteiger partial charge < -0.3 is 18.9 Å². The second-order valence-electron chi connectivity index (χ2n) is 6.29. The van der Waals surface area contributed by atoms with Gasteiger partial charge in [0.25, 0.3) is 0 Å². The van der Waals surface area contributed by atoms with Crippen molar-refractivity contribution in [2.24, 2.45) is 7.05 Å². The third kappa shape index (κ3) is 2.60. The molecule has 1 aliphatic heterocycles. The van der Waals surface area contributed by atoms with Crippen molar-refractivity contribution < 1.29 is 14.3 Å². The zero-order valence-electron chi connectivity index (χ0n) is 13.8. The van der Waals surface area contributed by atoms with Crippen molar-refractivity contribution in [2.75, 3.05) is 18.6 Å². The van der Waals surface area contributed by atoms with E-state index in [0.717, 1.165) is 17.3 Å². The normalized spacial score (nSPS) is 19.6. The summed E-state index contributed by atoms with van der Waals surface area (Å²) in [6, 6.07) is 7.70. The first-order valence-electron chi connectivity index (χ1n) is 8.14. The third-order valence-corrected chi connectivity index (χ3v) is 4.60. The number of anilines is 1. The maximum absolute atomic E-state index is 11.9. The Hall–Kier alpha value is -2.57. The van der Waals surface area contributed by atoms with Gasteiger partial charge >= 0.3 is 5.97 Å². The molecule has 126 valence electrons. The molecule has 1 fully saturated rings. The maximum Gasteiger partial charge on any atom is 0.348 e. The molecular formula is C17H20N4O3. The standard InChI is InChI=1S/C17H20N4O3/c1-20-15(18-19-16(20)11-7-8-11)10-21-9-14(17(22)23-2)24-13-6-4-3-5-12(13)21/h3-6,11,14H,7-10H2,1-2H3/t14-/m1/s1. The molecule has 2 heterocycles. The minimum Gasteiger partial charge on any atom is -0.475 e. The number of nitrogens with zero attached hydrogens (tertiary/aromatic N) is 4. The number of para-hydroxylation sites is 2. The molecule has 0 unspecified atom stereocenters. The van der Waals surface area contributed by atoms with Gasteiger partial charge in [0.2, 0.25) is 6.10 Å². The Balaban J connectivity index is 1.62. The van der Waals surface area contributed by atoms with Crippen molar-refractivity contribution in [1.29, 1.82) is 0 Å². The lowest BCUT2D eigenvalue weighted by Crippen LogP contribution is -2.45. The van der Waals surface area contributed by atoms with E-state index in [1.54, 1.807) is 0 Å². The van der Waals surface area contributed by atoms with Crippen LogP contribution < -0.4 is 9.64 Å². The molecule has 0 saturated heterocycles. The fourth-order valence-corrected chi connectivity index (χ4v) is 3.09. The van der Waals surface area contributed by atoms with E-state index in [4.69, 9.17) is 9.47 Å². The van der Waals surface area contributed by atoms with Crippen molar-refractivity contribution in [3.8, 4) is 5.75 Å². The van der Waals surface area contributed by atoms with Gasteiger partial charge in [0, 0.05) is 13.0 Å². The smallest absolute Gasteiger partial charge is 0.348 e. The van der Waals surface area contributed by atoms with Crippen LogP contribution in [0.4, 0.5) is 5.69 Å². The predicted molar refractivity (Wildman–Crippen MR) is 86.9 cm³/mol. The zero-order chi connectivity index (χ0) is 16.7. The molecule has 1 aromatic heterocycles. The number of rotatable bonds is 4. The number of aromatic nitrogens is 3. The quantitative estimate of drug-likeness (QED) is 0.795. The van der Waals surface area contributed by atoms with Crippen LogP contribution in [-0.4, -0.2) is 40.5 Å². The molecule has 0 bridgehead atoms. The molecule has 7 nitrogen and oxygen atoms in total. The first-order chi connectivity index (χ1) is 11.7. The predicted octanol–water partition coefficient (Wildman–Crippen LogP) is 1.63. The average molecular weight is 328 g/mol. The molecule has 7 heteroatoms. The van der Waals surface area contributed by atoms with Crippen LogP contribution in [-0.2, 0) is 23.1 Å². The molecule has 2 aromatic rings. The van der Waals surface area contributed by atoms with Gasteiger partial charge in [0.1, 0.15) is 11.6 Å². The summed E-state index contributed by atoms with van der Waals surface area (Å²) in [4.78, 5) is 14.0. The highest BCUT2D eigenvalue weighted by atomic mass is 16.6. The van der Waals surface area contributed by atoms with E-state index < -0.39 is 6.10 Å². The number of methoxy groups -OCH3 is 1. The van der Waals surface area contributed by atoms with Crippen LogP contribution in [0.3, 0.4) is 0 Å². The Kier molecular flexibility index (Phi) is 3.63. The van der Waals surface area contributed by atoms with Crippen LogP contribution in [0.5, 0.6) is 5.75 Å². The summed E-state index contributed by atoms with van der Waals surface area (Å²) in [6.45, 7) is 0.999. The minimum atomic E-state index is -0.638. The number of hydrogen-bond acceptors (Lipinski definition) is 6. The fourth-order valence-electron chi connectivity index (χ4n) is 3.09. The molecule has 1 atom stereocenters. The Morgan fingerprint density at radius 2 is 2.12 bits per heavy atom. The summed E-state index contributed by atoms with van der Waals surface area (Å²) in [5.74, 6) is 2.80. The first kappa shape index (κ1) is 15.0. The molecule has 24 heavy (non-hydrogen) atoms. The Labute approximate surface area is 140 Å². The van der Waals surface area contributed by atoms with Crippen molar-refractivity contribution in [1.82, 2.24) is 14.8 Å². The number of ether oxygens (including phenoxy) is 2. The minimum absolute atomic E-state index is 0.369. The van der Waals surface area contributed by atoms with Crippen molar-refractivity contribution >= 4 is 11.7 Å². The molecule has 0 N–H and O–H groups in total. The SMILES string of the molecule is COC(=O)[C@H]1CN(Cc2nnc(C3CC3)n2C)c2ccccc2O1. The number of hydrogen-bond donors (Lipinski definition) is 0. The second-order valence-corrected chi connectivity index (χ2v) is 6.29. The van der Waals surface area contributed by atoms with Gasteiger partial charge in [-0.2, -0.15) is 0 Å². The summed E-state index contributed by atoms with van der Waals surface area (Å²) in [6.07, 6.45) is 1.74. The van der Waals surface area contributed by atoms with Crippen LogP contribution in [0.2, 0.25) is 0 Å². The number of esters is 1. The van der Waals surface area contributed by atoms with Crippen molar-refractivity contribution in [3.63, 3.8) is 0 Å². The van der Waals surface area contributed by atoms with E-state index >= 15 is 0 Å². The highest BCUT2D eigenvalue weighted by molar-refractivity contribution is 5.78. The molecule has 0 spiro atoms. The summed E-state index contributed by atoms with van der Waals surface area (Å²) < 4.78 is 12.7. The molecular weight excluding hydrogens is 308 g/mol. The molecule has 1 saturated carbocycles. The summed E-state index contributed by atoms with van der Waals surface area (Å²) in [5.41, 5.74) is 0.952. The van der Waals surface area contributed by atoms with Gasteiger partial charge in [0.15, 0.2) is 5.82 Å². The lowest BCUT2D eigenvalue weighted by molar-refractivity contribution is -0.148. The number of carbonyl (C=O) groups is 1. The number of carbonyl (C=O) groups excluding carboxylic acids is 1. The van der Waals surface area contributed by atoms with Crippen molar-refractivity contribution in [2.45, 2.75) is 31.4 Å². The van der Waals surface area contributed by atoms with Gasteiger partial charge in [0.05, 0.1) is 25.9 Å². The van der Waals surface area contributed by atoms with Gasteiger partial charge in [-0.05, 0) is 25.0 Å². The monoisotopic (exact) mass is 328 g/mol. The lowest BCUT2D eigenvalue weighted by Gasteiger charge is -2.34. The van der Waals surface area contributed by atoms with Gasteiger partial charge in [-0.25, -0.2) is 4.79 Å². The van der Waals surface area contributed by atoms with Crippen LogP contribution in [0.15, 0.2) is 24.3 Å². The molecule has 0 amide bonds. The highest BCUT2D eigenvalue weighted by Crippen LogP contribution is 2.39. The molecule has 0 radical (unpaired) electrons. The first-order valence-corrected chi connectivity index (χ1v) is 8.14. The van der Waals surface area contributed by atoms with Crippen LogP contribution in [0, 0.1) is 0 Å². The van der Waals surface area contributed by atoms with Crippen molar-refractivity contribution in [3.05, 3.63) is 35.9 Å². The number of benzene rings is 1. The van der Waals surface area contributed by atoms with Gasteiger partial charge in [-0.1, -0.05) is 12.1 Å². The highest BCUT2D eigenvalue weighted by Gasteiger charge is 2.33. The summed E-state index contributed by atoms with van der Waals surface area (Å²) >= 11 is 0. The molecule has 4 rings (SSSR count). The molecule has 2 aliphatic rings. The number of fused-ring (bicyclic) bond motifs is 1. The third-order valence-electron chi connectivity index (χ3n) is 4.60. The second kappa shape index (κ2) is 5.81. The molecule has 1 aromatic carbocycles. The zero-order valence-corrected chi connectivity index (χ0v) is 13.8. The van der Waals surface area contributed by atoms with E-state index in [1.165, 1.54) is 20.0 Å². The van der Waals surface area contributed by atoms with Gasteiger partial charge in [-0.3, -0.25) is 0 Å². The van der Waals surface area contributed by atoms with E-state index in [-0.39, 0.29) is 5.97 Å². The topological polar surface area (TPSA) is 69.5 Å². The van der Waals surface area contributed by atoms with E-state index in [0.29, 0.717) is 24.8 Å². The van der Waals surface area contributed by atoms with Crippen LogP contribution >= 0.6 is 0 Å². The molecule has 1 aliphatic carbocycles. The lowest BCUT2D eigenvalue weighted by atomic mass is 10.2. The Morgan fingerprint density at radius 1 is 1.33 bits per heavy atom. The van der Waals surface area contributed by atoms with Crippen LogP contribution in [0.1, 0.15) is 30.4 Å². The van der Waals surface area contributed by atoms with Crippen LogP contribution in [0.25, 0.3) is 0 Å². The van der Waals surface area contributed by atoms with Gasteiger partial charge in [-0.15, -0.1) is 10.2 Å². The largest absolute Gasteiger partial charge is 0.475 e. The summed E-state index contributed by atoms with van der Waals surface area (Å²) in [7, 11) is 3.38. The van der Waals surface area contributed by atoms with E-state index in [2.05, 4.69) is 19.7 Å². The van der Waals surface area contributed by atoms with E-state index in [9.17, 15) is 4.79 Å². The Bertz CT molecular complexity index is 769. The average Bonchev–Trinajstić information content (AvgIpc) is 3.39.